The van der Waals surface area contributed by atoms with Gasteiger partial charge < -0.3 is 10.2 Å². The van der Waals surface area contributed by atoms with E-state index in [9.17, 15) is 26.3 Å². The Balaban J connectivity index is 0.000000383. The predicted octanol–water partition coefficient (Wildman–Crippen LogP) is 3.63. The quantitative estimate of drug-likeness (QED) is 0.485. The van der Waals surface area contributed by atoms with Gasteiger partial charge >= 0.3 is 24.3 Å². The van der Waals surface area contributed by atoms with Gasteiger partial charge in [0.25, 0.3) is 0 Å². The van der Waals surface area contributed by atoms with Crippen LogP contribution in [-0.4, -0.2) is 85.7 Å². The van der Waals surface area contributed by atoms with E-state index in [1.807, 2.05) is 0 Å². The van der Waals surface area contributed by atoms with E-state index in [1.165, 1.54) is 22.6 Å². The second-order valence-corrected chi connectivity index (χ2v) is 8.71. The topological polar surface area (TPSA) is 123 Å². The predicted molar refractivity (Wildman–Crippen MR) is 117 cm³/mol. The Hall–Kier alpha value is -2.72. The Morgan fingerprint density at radius 1 is 0.972 bits per heavy atom. The van der Waals surface area contributed by atoms with Crippen LogP contribution in [0.5, 0.6) is 0 Å². The molecule has 1 saturated heterocycles. The van der Waals surface area contributed by atoms with Crippen LogP contribution in [0.1, 0.15) is 34.6 Å². The van der Waals surface area contributed by atoms with Gasteiger partial charge in [-0.1, -0.05) is 6.92 Å². The maximum Gasteiger partial charge on any atom is 0.490 e. The summed E-state index contributed by atoms with van der Waals surface area (Å²) in [7, 11) is 0. The first kappa shape index (κ1) is 31.3. The highest BCUT2D eigenvalue weighted by atomic mass is 32.1. The second-order valence-electron chi connectivity index (χ2n) is 7.64. The number of aromatic nitrogens is 3. The zero-order valence-corrected chi connectivity index (χ0v) is 20.5. The van der Waals surface area contributed by atoms with E-state index in [-0.39, 0.29) is 0 Å². The summed E-state index contributed by atoms with van der Waals surface area (Å²) in [5.41, 5.74) is 5.03. The van der Waals surface area contributed by atoms with Crippen molar-refractivity contribution in [2.45, 2.75) is 52.6 Å². The highest BCUT2D eigenvalue weighted by molar-refractivity contribution is 7.09. The number of alkyl halides is 6. The van der Waals surface area contributed by atoms with Crippen molar-refractivity contribution in [3.63, 3.8) is 0 Å². The minimum absolute atomic E-state index is 0.987. The van der Waals surface area contributed by atoms with E-state index in [0.717, 1.165) is 50.7 Å². The van der Waals surface area contributed by atoms with Crippen LogP contribution in [0.3, 0.4) is 0 Å². The first-order valence-corrected chi connectivity index (χ1v) is 11.4. The van der Waals surface area contributed by atoms with E-state index >= 15 is 0 Å². The van der Waals surface area contributed by atoms with Crippen LogP contribution in [-0.2, 0) is 29.1 Å². The molecule has 1 fully saturated rings. The lowest BCUT2D eigenvalue weighted by molar-refractivity contribution is -0.193. The van der Waals surface area contributed by atoms with Crippen molar-refractivity contribution in [1.82, 2.24) is 25.0 Å². The summed E-state index contributed by atoms with van der Waals surface area (Å²) < 4.78 is 63.5. The fourth-order valence-corrected chi connectivity index (χ4v) is 3.62. The number of rotatable bonds is 5. The Morgan fingerprint density at radius 3 is 1.75 bits per heavy atom. The number of H-pyrrole nitrogens is 1. The Bertz CT molecular complexity index is 960. The van der Waals surface area contributed by atoms with Gasteiger partial charge in [-0.25, -0.2) is 14.6 Å². The number of carboxylic acid groups (broad SMARTS) is 2. The first-order valence-electron chi connectivity index (χ1n) is 10.5. The van der Waals surface area contributed by atoms with E-state index in [1.54, 1.807) is 11.3 Å². The van der Waals surface area contributed by atoms with E-state index in [0.29, 0.717) is 0 Å². The van der Waals surface area contributed by atoms with Crippen molar-refractivity contribution in [3.05, 3.63) is 33.0 Å². The van der Waals surface area contributed by atoms with E-state index in [2.05, 4.69) is 51.1 Å². The summed E-state index contributed by atoms with van der Waals surface area (Å²) in [6.45, 7) is 12.8. The van der Waals surface area contributed by atoms with Gasteiger partial charge in [-0.15, -0.1) is 11.3 Å². The number of aromatic amines is 1. The molecule has 0 spiro atoms. The van der Waals surface area contributed by atoms with Crippen LogP contribution in [0.4, 0.5) is 26.3 Å². The number of hydrogen-bond acceptors (Lipinski definition) is 7. The molecule has 0 saturated carbocycles. The van der Waals surface area contributed by atoms with Crippen molar-refractivity contribution < 1.29 is 46.1 Å². The molecule has 1 aliphatic heterocycles. The number of nitrogens with one attached hydrogen (secondary N) is 1. The average Bonchev–Trinajstić information content (AvgIpc) is 3.34. The van der Waals surface area contributed by atoms with Gasteiger partial charge in [0.1, 0.15) is 0 Å². The molecule has 0 amide bonds. The highest BCUT2D eigenvalue weighted by Gasteiger charge is 2.38. The summed E-state index contributed by atoms with van der Waals surface area (Å²) in [6, 6.07) is 0. The molecular formula is C20H27F6N5O4S. The summed E-state index contributed by atoms with van der Waals surface area (Å²) in [4.78, 5) is 27.4. The summed E-state index contributed by atoms with van der Waals surface area (Å²) in [6.07, 6.45) is -9.16. The Kier molecular flexibility index (Phi) is 11.8. The van der Waals surface area contributed by atoms with E-state index in [4.69, 9.17) is 19.8 Å². The number of halogens is 6. The number of thiazole rings is 1. The number of hydrogen-bond donors (Lipinski definition) is 3. The summed E-state index contributed by atoms with van der Waals surface area (Å²) in [5, 5.41) is 25.2. The zero-order valence-electron chi connectivity index (χ0n) is 19.7. The van der Waals surface area contributed by atoms with Gasteiger partial charge in [0.05, 0.1) is 22.1 Å². The molecule has 3 rings (SSSR count). The lowest BCUT2D eigenvalue weighted by Crippen LogP contribution is -2.45. The molecule has 0 aromatic carbocycles. The molecule has 2 aromatic heterocycles. The van der Waals surface area contributed by atoms with Gasteiger partial charge in [0.15, 0.2) is 0 Å². The zero-order chi connectivity index (χ0) is 27.7. The smallest absolute Gasteiger partial charge is 0.475 e. The van der Waals surface area contributed by atoms with Gasteiger partial charge in [-0.3, -0.25) is 14.9 Å². The molecule has 36 heavy (non-hydrogen) atoms. The minimum atomic E-state index is -5.08. The van der Waals surface area contributed by atoms with Crippen LogP contribution in [0.2, 0.25) is 0 Å². The van der Waals surface area contributed by atoms with Crippen LogP contribution in [0.25, 0.3) is 0 Å². The molecule has 9 nitrogen and oxygen atoms in total. The van der Waals surface area contributed by atoms with Gasteiger partial charge in [0, 0.05) is 44.6 Å². The maximum atomic E-state index is 10.6. The second kappa shape index (κ2) is 13.5. The van der Waals surface area contributed by atoms with Crippen molar-refractivity contribution in [3.8, 4) is 0 Å². The Morgan fingerprint density at radius 2 is 1.42 bits per heavy atom. The van der Waals surface area contributed by atoms with Crippen LogP contribution in [0, 0.1) is 13.8 Å². The molecule has 3 heterocycles. The lowest BCUT2D eigenvalue weighted by atomic mass is 10.1. The summed E-state index contributed by atoms with van der Waals surface area (Å²) >= 11 is 1.74. The van der Waals surface area contributed by atoms with Gasteiger partial charge in [-0.2, -0.15) is 31.4 Å². The van der Waals surface area contributed by atoms with Crippen molar-refractivity contribution in [1.29, 1.82) is 0 Å². The molecule has 0 aliphatic carbocycles. The van der Waals surface area contributed by atoms with Gasteiger partial charge in [0.2, 0.25) is 0 Å². The van der Waals surface area contributed by atoms with Crippen LogP contribution >= 0.6 is 11.3 Å². The van der Waals surface area contributed by atoms with Crippen LogP contribution < -0.4 is 0 Å². The molecular weight excluding hydrogens is 520 g/mol. The molecule has 0 atom stereocenters. The number of carbonyl (C=O) groups is 2. The molecule has 3 N–H and O–H groups in total. The fourth-order valence-electron chi connectivity index (χ4n) is 3.01. The largest absolute Gasteiger partial charge is 0.490 e. The normalized spacial score (nSPS) is 14.9. The third-order valence-electron chi connectivity index (χ3n) is 4.93. The first-order chi connectivity index (χ1) is 16.5. The molecule has 0 unspecified atom stereocenters. The number of aryl methyl sites for hydroxylation is 2. The molecule has 0 radical (unpaired) electrons. The molecule has 2 aromatic rings. The highest BCUT2D eigenvalue weighted by Crippen LogP contribution is 2.16. The molecule has 16 heteroatoms. The molecule has 0 bridgehead atoms. The third kappa shape index (κ3) is 10.9. The molecule has 204 valence electrons. The third-order valence-corrected chi connectivity index (χ3v) is 5.75. The standard InChI is InChI=1S/C16H25N5S.2C2HF3O2/c1-4-15-12(2)16(19-18-15)10-21-7-5-20(6-8-21)9-14-11-22-13(3)17-14;2*3-2(4,5)1(6)7/h11H,4-10H2,1-3H3,(H,18,19);2*(H,6,7). The fraction of sp³-hybridized carbons (Fsp3) is 0.600. The van der Waals surface area contributed by atoms with Crippen molar-refractivity contribution in [2.75, 3.05) is 26.2 Å². The SMILES string of the molecule is CCc1n[nH]c(CN2CCN(Cc3csc(C)n3)CC2)c1C.O=C(O)C(F)(F)F.O=C(O)C(F)(F)F. The lowest BCUT2D eigenvalue weighted by Gasteiger charge is -2.34. The minimum Gasteiger partial charge on any atom is -0.475 e. The Labute approximate surface area is 206 Å². The maximum absolute atomic E-state index is 10.6. The number of piperazine rings is 1. The van der Waals surface area contributed by atoms with E-state index < -0.39 is 24.3 Å². The monoisotopic (exact) mass is 547 g/mol. The summed E-state index contributed by atoms with van der Waals surface area (Å²) in [5.74, 6) is -5.51. The number of nitrogens with zero attached hydrogens (tertiary/aromatic N) is 4. The van der Waals surface area contributed by atoms with Gasteiger partial charge in [-0.05, 0) is 25.8 Å². The molecule has 1 aliphatic rings. The van der Waals surface area contributed by atoms with Crippen LogP contribution in [0.15, 0.2) is 5.38 Å². The van der Waals surface area contributed by atoms with Crippen molar-refractivity contribution >= 4 is 23.3 Å². The average molecular weight is 548 g/mol. The van der Waals surface area contributed by atoms with Crippen molar-refractivity contribution in [2.24, 2.45) is 0 Å². The number of carboxylic acids is 2. The number of aliphatic carboxylic acids is 2.